The number of nitrogens with two attached hydrogens (primary N) is 1. The number of nitrogens with one attached hydrogen (secondary N) is 2. The molecule has 0 fully saturated rings. The predicted molar refractivity (Wildman–Crippen MR) is 61.2 cm³/mol. The van der Waals surface area contributed by atoms with E-state index in [1.165, 1.54) is 6.07 Å². The molecule has 6 nitrogen and oxygen atoms in total. The van der Waals surface area contributed by atoms with E-state index in [0.29, 0.717) is 11.3 Å². The number of aryl methyl sites for hydroxylation is 1. The Morgan fingerprint density at radius 2 is 2.06 bits per heavy atom. The number of hydrogen-bond donors (Lipinski definition) is 4. The third kappa shape index (κ3) is 3.17. The molecule has 0 aliphatic rings. The summed E-state index contributed by atoms with van der Waals surface area (Å²) in [5.74, 6) is 0. The molecule has 5 N–H and O–H groups in total. The first kappa shape index (κ1) is 12.9. The first-order valence-corrected chi connectivity index (χ1v) is 6.14. The first-order valence-electron chi connectivity index (χ1n) is 4.60. The highest BCUT2D eigenvalue weighted by molar-refractivity contribution is 7.89. The van der Waals surface area contributed by atoms with Crippen LogP contribution in [0.4, 0.5) is 5.69 Å². The molecule has 1 aromatic carbocycles. The van der Waals surface area contributed by atoms with Gasteiger partial charge in [0, 0.05) is 5.69 Å². The lowest BCUT2D eigenvalue weighted by Crippen LogP contribution is -2.32. The van der Waals surface area contributed by atoms with Crippen LogP contribution >= 0.6 is 0 Å². The zero-order chi connectivity index (χ0) is 12.3. The summed E-state index contributed by atoms with van der Waals surface area (Å²) in [5.41, 5.74) is 1.03. The summed E-state index contributed by atoms with van der Waals surface area (Å²) < 4.78 is 22.5. The SMILES string of the molecule is CNC(O)Nc1ccc(C)c(S(N)(=O)=O)c1. The largest absolute Gasteiger partial charge is 0.361 e. The zero-order valence-corrected chi connectivity index (χ0v) is 9.88. The Balaban J connectivity index is 3.08. The number of aliphatic hydroxyl groups is 1. The number of rotatable bonds is 4. The lowest BCUT2D eigenvalue weighted by molar-refractivity contribution is 0.175. The molecule has 0 saturated carbocycles. The lowest BCUT2D eigenvalue weighted by atomic mass is 10.2. The molecule has 0 saturated heterocycles. The summed E-state index contributed by atoms with van der Waals surface area (Å²) >= 11 is 0. The summed E-state index contributed by atoms with van der Waals surface area (Å²) in [6, 6.07) is 4.65. The van der Waals surface area contributed by atoms with Crippen LogP contribution in [0.3, 0.4) is 0 Å². The van der Waals surface area contributed by atoms with E-state index in [4.69, 9.17) is 5.14 Å². The predicted octanol–water partition coefficient (Wildman–Crippen LogP) is -0.450. The van der Waals surface area contributed by atoms with Crippen LogP contribution in [0.1, 0.15) is 5.56 Å². The van der Waals surface area contributed by atoms with E-state index in [-0.39, 0.29) is 4.90 Å². The van der Waals surface area contributed by atoms with Gasteiger partial charge in [-0.1, -0.05) is 6.07 Å². The minimum Gasteiger partial charge on any atom is -0.361 e. The van der Waals surface area contributed by atoms with Gasteiger partial charge in [-0.2, -0.15) is 0 Å². The van der Waals surface area contributed by atoms with Crippen molar-refractivity contribution in [1.29, 1.82) is 0 Å². The fourth-order valence-electron chi connectivity index (χ4n) is 1.23. The first-order chi connectivity index (χ1) is 7.34. The number of sulfonamides is 1. The van der Waals surface area contributed by atoms with Gasteiger partial charge in [-0.3, -0.25) is 5.32 Å². The summed E-state index contributed by atoms with van der Waals surface area (Å²) in [4.78, 5) is 0.0424. The van der Waals surface area contributed by atoms with Gasteiger partial charge in [-0.15, -0.1) is 0 Å². The molecule has 1 unspecified atom stereocenters. The molecule has 1 atom stereocenters. The molecular weight excluding hydrogens is 230 g/mol. The Hall–Kier alpha value is -1.15. The molecule has 7 heteroatoms. The fraction of sp³-hybridized carbons (Fsp3) is 0.333. The molecule has 16 heavy (non-hydrogen) atoms. The van der Waals surface area contributed by atoms with Crippen molar-refractivity contribution in [1.82, 2.24) is 5.32 Å². The van der Waals surface area contributed by atoms with E-state index in [9.17, 15) is 13.5 Å². The Labute approximate surface area is 94.5 Å². The number of primary sulfonamides is 1. The van der Waals surface area contributed by atoms with E-state index in [1.807, 2.05) is 0 Å². The molecule has 0 aliphatic carbocycles. The van der Waals surface area contributed by atoms with Gasteiger partial charge in [0.2, 0.25) is 10.0 Å². The van der Waals surface area contributed by atoms with Crippen molar-refractivity contribution >= 4 is 15.7 Å². The van der Waals surface area contributed by atoms with Crippen LogP contribution in [0.5, 0.6) is 0 Å². The van der Waals surface area contributed by atoms with Gasteiger partial charge in [0.1, 0.15) is 0 Å². The van der Waals surface area contributed by atoms with Gasteiger partial charge in [0.15, 0.2) is 6.35 Å². The summed E-state index contributed by atoms with van der Waals surface area (Å²) in [7, 11) is -2.18. The van der Waals surface area contributed by atoms with Crippen molar-refractivity contribution < 1.29 is 13.5 Å². The number of benzene rings is 1. The molecule has 0 amide bonds. The van der Waals surface area contributed by atoms with Crippen LogP contribution < -0.4 is 15.8 Å². The highest BCUT2D eigenvalue weighted by Crippen LogP contribution is 2.18. The van der Waals surface area contributed by atoms with Crippen molar-refractivity contribution in [3.8, 4) is 0 Å². The number of hydrogen-bond acceptors (Lipinski definition) is 5. The summed E-state index contributed by atoms with van der Waals surface area (Å²) in [5, 5.41) is 19.5. The second-order valence-electron chi connectivity index (χ2n) is 3.36. The molecule has 1 aromatic rings. The Morgan fingerprint density at radius 1 is 1.44 bits per heavy atom. The van der Waals surface area contributed by atoms with E-state index in [2.05, 4.69) is 10.6 Å². The van der Waals surface area contributed by atoms with Crippen molar-refractivity contribution in [2.45, 2.75) is 18.2 Å². The summed E-state index contributed by atoms with van der Waals surface area (Å²) in [6.07, 6.45) is -0.948. The Kier molecular flexibility index (Phi) is 3.87. The quantitative estimate of drug-likeness (QED) is 0.538. The lowest BCUT2D eigenvalue weighted by Gasteiger charge is -2.14. The molecule has 1 rings (SSSR count). The maximum absolute atomic E-state index is 11.2. The van der Waals surface area contributed by atoms with Crippen molar-refractivity contribution in [3.63, 3.8) is 0 Å². The smallest absolute Gasteiger partial charge is 0.238 e. The van der Waals surface area contributed by atoms with E-state index in [0.717, 1.165) is 0 Å². The fourth-order valence-corrected chi connectivity index (χ4v) is 2.03. The highest BCUT2D eigenvalue weighted by atomic mass is 32.2. The van der Waals surface area contributed by atoms with Crippen LogP contribution in [-0.2, 0) is 10.0 Å². The van der Waals surface area contributed by atoms with E-state index in [1.54, 1.807) is 26.1 Å². The van der Waals surface area contributed by atoms with Gasteiger partial charge in [-0.25, -0.2) is 13.6 Å². The molecule has 0 bridgehead atoms. The van der Waals surface area contributed by atoms with Gasteiger partial charge in [-0.05, 0) is 31.7 Å². The highest BCUT2D eigenvalue weighted by Gasteiger charge is 2.12. The van der Waals surface area contributed by atoms with Crippen LogP contribution in [0.25, 0.3) is 0 Å². The van der Waals surface area contributed by atoms with Crippen molar-refractivity contribution in [2.75, 3.05) is 12.4 Å². The molecule has 0 aromatic heterocycles. The van der Waals surface area contributed by atoms with Crippen molar-refractivity contribution in [3.05, 3.63) is 23.8 Å². The second kappa shape index (κ2) is 4.79. The maximum atomic E-state index is 11.2. The van der Waals surface area contributed by atoms with Crippen LogP contribution in [0.2, 0.25) is 0 Å². The second-order valence-corrected chi connectivity index (χ2v) is 4.89. The maximum Gasteiger partial charge on any atom is 0.238 e. The number of aliphatic hydroxyl groups excluding tert-OH is 1. The normalized spacial score (nSPS) is 13.5. The molecule has 0 spiro atoms. The zero-order valence-electron chi connectivity index (χ0n) is 9.06. The van der Waals surface area contributed by atoms with Crippen LogP contribution in [-0.4, -0.2) is 26.9 Å². The van der Waals surface area contributed by atoms with E-state index >= 15 is 0 Å². The molecule has 0 heterocycles. The van der Waals surface area contributed by atoms with Gasteiger partial charge in [0.05, 0.1) is 4.90 Å². The Bertz CT molecular complexity index is 473. The average molecular weight is 245 g/mol. The average Bonchev–Trinajstić information content (AvgIpc) is 2.19. The van der Waals surface area contributed by atoms with Crippen molar-refractivity contribution in [2.24, 2.45) is 5.14 Å². The van der Waals surface area contributed by atoms with Crippen LogP contribution in [0, 0.1) is 6.92 Å². The third-order valence-electron chi connectivity index (χ3n) is 2.07. The minimum atomic E-state index is -3.74. The Morgan fingerprint density at radius 3 is 2.56 bits per heavy atom. The number of anilines is 1. The topological polar surface area (TPSA) is 104 Å². The van der Waals surface area contributed by atoms with Gasteiger partial charge < -0.3 is 10.4 Å². The van der Waals surface area contributed by atoms with Gasteiger partial charge in [0.25, 0.3) is 0 Å². The van der Waals surface area contributed by atoms with Gasteiger partial charge >= 0.3 is 0 Å². The molecule has 0 radical (unpaired) electrons. The molecular formula is C9H15N3O3S. The molecule has 90 valence electrons. The van der Waals surface area contributed by atoms with Crippen LogP contribution in [0.15, 0.2) is 23.1 Å². The monoisotopic (exact) mass is 245 g/mol. The standard InChI is InChI=1S/C9H15N3O3S/c1-6-3-4-7(12-9(13)11-2)5-8(6)16(10,14)15/h3-5,9,11-13H,1-2H3,(H2,10,14,15). The third-order valence-corrected chi connectivity index (χ3v) is 3.12. The minimum absolute atomic E-state index is 0.0424. The van der Waals surface area contributed by atoms with E-state index < -0.39 is 16.4 Å². The summed E-state index contributed by atoms with van der Waals surface area (Å²) in [6.45, 7) is 1.65. The molecule has 0 aliphatic heterocycles.